The summed E-state index contributed by atoms with van der Waals surface area (Å²) < 4.78 is 16.3. The van der Waals surface area contributed by atoms with Crippen LogP contribution in [0.5, 0.6) is 11.5 Å². The van der Waals surface area contributed by atoms with E-state index < -0.39 is 0 Å². The summed E-state index contributed by atoms with van der Waals surface area (Å²) in [5.74, 6) is 1.77. The molecular formula is C21H20ClNO4. The first-order valence-electron chi connectivity index (χ1n) is 8.41. The normalized spacial score (nSPS) is 11.7. The van der Waals surface area contributed by atoms with E-state index >= 15 is 0 Å². The SMILES string of the molecule is COc1ccc(OC)c([C@H](C)NC(=O)c2ccc(-c3ccccc3Cl)o2)c1. The number of nitrogens with one attached hydrogen (secondary N) is 1. The molecule has 5 nitrogen and oxygen atoms in total. The van der Waals surface area contributed by atoms with E-state index in [4.69, 9.17) is 25.5 Å². The van der Waals surface area contributed by atoms with E-state index in [1.807, 2.05) is 31.2 Å². The number of rotatable bonds is 6. The van der Waals surface area contributed by atoms with Crippen molar-refractivity contribution in [1.82, 2.24) is 5.32 Å². The van der Waals surface area contributed by atoms with Crippen LogP contribution < -0.4 is 14.8 Å². The van der Waals surface area contributed by atoms with Crippen LogP contribution in [0.25, 0.3) is 11.3 Å². The van der Waals surface area contributed by atoms with Crippen molar-refractivity contribution in [3.63, 3.8) is 0 Å². The molecule has 0 aliphatic carbocycles. The second-order valence-corrected chi connectivity index (χ2v) is 6.35. The topological polar surface area (TPSA) is 60.7 Å². The Balaban J connectivity index is 1.79. The van der Waals surface area contributed by atoms with Gasteiger partial charge in [0, 0.05) is 11.1 Å². The average molecular weight is 386 g/mol. The number of hydrogen-bond acceptors (Lipinski definition) is 4. The Bertz CT molecular complexity index is 951. The van der Waals surface area contributed by atoms with Crippen LogP contribution in [0.4, 0.5) is 0 Å². The molecule has 0 bridgehead atoms. The number of methoxy groups -OCH3 is 2. The van der Waals surface area contributed by atoms with E-state index in [0.29, 0.717) is 22.3 Å². The van der Waals surface area contributed by atoms with Gasteiger partial charge in [0.1, 0.15) is 17.3 Å². The fourth-order valence-corrected chi connectivity index (χ4v) is 3.02. The molecule has 1 N–H and O–H groups in total. The van der Waals surface area contributed by atoms with Gasteiger partial charge in [0.15, 0.2) is 5.76 Å². The monoisotopic (exact) mass is 385 g/mol. The second kappa shape index (κ2) is 8.18. The van der Waals surface area contributed by atoms with Crippen molar-refractivity contribution in [2.75, 3.05) is 14.2 Å². The van der Waals surface area contributed by atoms with Crippen molar-refractivity contribution < 1.29 is 18.7 Å². The molecule has 1 amide bonds. The van der Waals surface area contributed by atoms with Gasteiger partial charge in [-0.15, -0.1) is 0 Å². The minimum absolute atomic E-state index is 0.207. The van der Waals surface area contributed by atoms with Crippen molar-refractivity contribution in [2.24, 2.45) is 0 Å². The number of carbonyl (C=O) groups is 1. The largest absolute Gasteiger partial charge is 0.497 e. The van der Waals surface area contributed by atoms with E-state index in [1.54, 1.807) is 44.6 Å². The van der Waals surface area contributed by atoms with E-state index in [1.165, 1.54) is 0 Å². The van der Waals surface area contributed by atoms with Crippen molar-refractivity contribution in [3.8, 4) is 22.8 Å². The summed E-state index contributed by atoms with van der Waals surface area (Å²) in [6, 6.07) is 15.8. The van der Waals surface area contributed by atoms with Gasteiger partial charge in [-0.05, 0) is 49.4 Å². The first-order valence-corrected chi connectivity index (χ1v) is 8.78. The Morgan fingerprint density at radius 2 is 1.85 bits per heavy atom. The number of amides is 1. The van der Waals surface area contributed by atoms with Gasteiger partial charge in [-0.1, -0.05) is 23.7 Å². The van der Waals surface area contributed by atoms with Crippen molar-refractivity contribution in [3.05, 3.63) is 70.9 Å². The number of furan rings is 1. The van der Waals surface area contributed by atoms with Crippen molar-refractivity contribution >= 4 is 17.5 Å². The maximum atomic E-state index is 12.6. The van der Waals surface area contributed by atoms with Crippen LogP contribution in [0.2, 0.25) is 5.02 Å². The summed E-state index contributed by atoms with van der Waals surface area (Å²) in [4.78, 5) is 12.6. The predicted octanol–water partition coefficient (Wildman–Crippen LogP) is 5.11. The van der Waals surface area contributed by atoms with Gasteiger partial charge in [0.2, 0.25) is 0 Å². The molecule has 0 spiro atoms. The molecule has 1 atom stereocenters. The molecule has 0 fully saturated rings. The van der Waals surface area contributed by atoms with E-state index in [9.17, 15) is 4.79 Å². The van der Waals surface area contributed by atoms with Gasteiger partial charge in [0.25, 0.3) is 5.91 Å². The lowest BCUT2D eigenvalue weighted by Gasteiger charge is -2.17. The van der Waals surface area contributed by atoms with Crippen LogP contribution in [0, 0.1) is 0 Å². The summed E-state index contributed by atoms with van der Waals surface area (Å²) >= 11 is 6.19. The Morgan fingerprint density at radius 1 is 1.07 bits per heavy atom. The van der Waals surface area contributed by atoms with Gasteiger partial charge in [-0.2, -0.15) is 0 Å². The van der Waals surface area contributed by atoms with Crippen LogP contribution in [0.15, 0.2) is 59.0 Å². The Kier molecular flexibility index (Phi) is 5.72. The number of carbonyl (C=O) groups excluding carboxylic acids is 1. The van der Waals surface area contributed by atoms with E-state index in [0.717, 1.165) is 11.1 Å². The Morgan fingerprint density at radius 3 is 2.56 bits per heavy atom. The lowest BCUT2D eigenvalue weighted by molar-refractivity contribution is 0.0912. The number of ether oxygens (including phenoxy) is 2. The zero-order valence-electron chi connectivity index (χ0n) is 15.3. The van der Waals surface area contributed by atoms with Crippen molar-refractivity contribution in [2.45, 2.75) is 13.0 Å². The fourth-order valence-electron chi connectivity index (χ4n) is 2.79. The molecule has 3 rings (SSSR count). The van der Waals surface area contributed by atoms with Gasteiger partial charge in [-0.25, -0.2) is 0 Å². The molecule has 140 valence electrons. The highest BCUT2D eigenvalue weighted by atomic mass is 35.5. The van der Waals surface area contributed by atoms with Gasteiger partial charge in [-0.3, -0.25) is 4.79 Å². The van der Waals surface area contributed by atoms with E-state index in [-0.39, 0.29) is 17.7 Å². The molecule has 0 radical (unpaired) electrons. The minimum atomic E-state index is -0.328. The summed E-state index contributed by atoms with van der Waals surface area (Å²) in [5, 5.41) is 3.48. The molecule has 2 aromatic carbocycles. The molecule has 0 saturated heterocycles. The highest BCUT2D eigenvalue weighted by molar-refractivity contribution is 6.33. The highest BCUT2D eigenvalue weighted by Crippen LogP contribution is 2.31. The van der Waals surface area contributed by atoms with Crippen LogP contribution in [-0.4, -0.2) is 20.1 Å². The third-order valence-electron chi connectivity index (χ3n) is 4.22. The average Bonchev–Trinajstić information content (AvgIpc) is 3.17. The molecule has 1 aromatic heterocycles. The van der Waals surface area contributed by atoms with Crippen LogP contribution in [-0.2, 0) is 0 Å². The summed E-state index contributed by atoms with van der Waals surface area (Å²) in [7, 11) is 3.18. The summed E-state index contributed by atoms with van der Waals surface area (Å²) in [6.45, 7) is 1.87. The first kappa shape index (κ1) is 18.9. The third kappa shape index (κ3) is 4.09. The summed E-state index contributed by atoms with van der Waals surface area (Å²) in [5.41, 5.74) is 1.55. The number of hydrogen-bond donors (Lipinski definition) is 1. The molecule has 0 aliphatic rings. The lowest BCUT2D eigenvalue weighted by Crippen LogP contribution is -2.26. The Labute approximate surface area is 162 Å². The van der Waals surface area contributed by atoms with Crippen molar-refractivity contribution in [1.29, 1.82) is 0 Å². The lowest BCUT2D eigenvalue weighted by atomic mass is 10.1. The summed E-state index contributed by atoms with van der Waals surface area (Å²) in [6.07, 6.45) is 0. The molecule has 1 heterocycles. The molecule has 0 aliphatic heterocycles. The highest BCUT2D eigenvalue weighted by Gasteiger charge is 2.19. The first-order chi connectivity index (χ1) is 13.0. The molecular weight excluding hydrogens is 366 g/mol. The zero-order chi connectivity index (χ0) is 19.4. The maximum absolute atomic E-state index is 12.6. The smallest absolute Gasteiger partial charge is 0.287 e. The predicted molar refractivity (Wildman–Crippen MR) is 105 cm³/mol. The second-order valence-electron chi connectivity index (χ2n) is 5.95. The number of benzene rings is 2. The van der Waals surface area contributed by atoms with E-state index in [2.05, 4.69) is 5.32 Å². The minimum Gasteiger partial charge on any atom is -0.497 e. The fraction of sp³-hybridized carbons (Fsp3) is 0.190. The zero-order valence-corrected chi connectivity index (χ0v) is 16.0. The van der Waals surface area contributed by atoms with Gasteiger partial charge >= 0.3 is 0 Å². The van der Waals surface area contributed by atoms with Crippen LogP contribution in [0.1, 0.15) is 29.1 Å². The maximum Gasteiger partial charge on any atom is 0.287 e. The molecule has 6 heteroatoms. The van der Waals surface area contributed by atoms with Gasteiger partial charge in [0.05, 0.1) is 25.3 Å². The molecule has 27 heavy (non-hydrogen) atoms. The standard InChI is InChI=1S/C21H20ClNO4/c1-13(16-12-14(25-2)8-9-18(16)26-3)23-21(24)20-11-10-19(27-20)15-6-4-5-7-17(15)22/h4-13H,1-3H3,(H,23,24)/t13-/m0/s1. The molecule has 0 unspecified atom stereocenters. The van der Waals surface area contributed by atoms with Crippen LogP contribution in [0.3, 0.4) is 0 Å². The number of halogens is 1. The molecule has 0 saturated carbocycles. The quantitative estimate of drug-likeness (QED) is 0.640. The van der Waals surface area contributed by atoms with Crippen LogP contribution >= 0.6 is 11.6 Å². The Hall–Kier alpha value is -2.92. The molecule has 3 aromatic rings. The third-order valence-corrected chi connectivity index (χ3v) is 4.55. The van der Waals surface area contributed by atoms with Gasteiger partial charge < -0.3 is 19.2 Å².